The van der Waals surface area contributed by atoms with Crippen molar-refractivity contribution in [3.05, 3.63) is 60.2 Å². The summed E-state index contributed by atoms with van der Waals surface area (Å²) in [5.74, 6) is 0.456. The standard InChI is InChI=1S/C16H19NO4S/c1-16(18,13-7-4-3-5-8-13)12-17-22(19,20)15-10-6-9-14(11-15)21-2/h3-11,17-18H,12H2,1-2H3. The number of aliphatic hydroxyl groups is 1. The van der Waals surface area contributed by atoms with E-state index in [1.54, 1.807) is 43.3 Å². The molecule has 2 N–H and O–H groups in total. The summed E-state index contributed by atoms with van der Waals surface area (Å²) in [5.41, 5.74) is -0.656. The van der Waals surface area contributed by atoms with Crippen molar-refractivity contribution in [2.75, 3.05) is 13.7 Å². The van der Waals surface area contributed by atoms with Gasteiger partial charge in [-0.05, 0) is 24.6 Å². The molecule has 2 aromatic carbocycles. The Morgan fingerprint density at radius 1 is 1.14 bits per heavy atom. The van der Waals surface area contributed by atoms with E-state index >= 15 is 0 Å². The molecule has 1 unspecified atom stereocenters. The predicted octanol–water partition coefficient (Wildman–Crippen LogP) is 1.88. The van der Waals surface area contributed by atoms with Gasteiger partial charge >= 0.3 is 0 Å². The van der Waals surface area contributed by atoms with Gasteiger partial charge < -0.3 is 9.84 Å². The van der Waals surface area contributed by atoms with Crippen molar-refractivity contribution in [3.8, 4) is 5.75 Å². The fraction of sp³-hybridized carbons (Fsp3) is 0.250. The first-order valence-corrected chi connectivity index (χ1v) is 8.25. The van der Waals surface area contributed by atoms with E-state index in [0.29, 0.717) is 11.3 Å². The second-order valence-corrected chi connectivity index (χ2v) is 6.91. The maximum atomic E-state index is 12.3. The molecule has 2 aromatic rings. The molecule has 2 rings (SSSR count). The minimum atomic E-state index is -3.72. The average molecular weight is 321 g/mol. The molecule has 0 amide bonds. The monoisotopic (exact) mass is 321 g/mol. The minimum absolute atomic E-state index is 0.0933. The molecule has 0 heterocycles. The molecule has 5 nitrogen and oxygen atoms in total. The first kappa shape index (κ1) is 16.5. The summed E-state index contributed by atoms with van der Waals surface area (Å²) < 4.78 is 32.1. The molecule has 1 atom stereocenters. The highest BCUT2D eigenvalue weighted by molar-refractivity contribution is 7.89. The van der Waals surface area contributed by atoms with Gasteiger partial charge in [-0.1, -0.05) is 36.4 Å². The van der Waals surface area contributed by atoms with Gasteiger partial charge in [-0.2, -0.15) is 0 Å². The number of methoxy groups -OCH3 is 1. The van der Waals surface area contributed by atoms with Crippen LogP contribution in [-0.2, 0) is 15.6 Å². The summed E-state index contributed by atoms with van der Waals surface area (Å²) in [7, 11) is -2.25. The zero-order valence-corrected chi connectivity index (χ0v) is 13.3. The molecule has 0 bridgehead atoms. The lowest BCUT2D eigenvalue weighted by molar-refractivity contribution is 0.0627. The minimum Gasteiger partial charge on any atom is -0.497 e. The van der Waals surface area contributed by atoms with Crippen LogP contribution in [0.2, 0.25) is 0 Å². The summed E-state index contributed by atoms with van der Waals surface area (Å²) in [5, 5.41) is 10.4. The fourth-order valence-corrected chi connectivity index (χ4v) is 3.15. The molecule has 0 aliphatic carbocycles. The molecule has 0 aliphatic rings. The van der Waals surface area contributed by atoms with Crippen molar-refractivity contribution in [1.29, 1.82) is 0 Å². The number of sulfonamides is 1. The molecule has 0 radical (unpaired) electrons. The zero-order chi connectivity index (χ0) is 16.2. The molecule has 118 valence electrons. The first-order valence-electron chi connectivity index (χ1n) is 6.77. The highest BCUT2D eigenvalue weighted by Gasteiger charge is 2.26. The van der Waals surface area contributed by atoms with E-state index < -0.39 is 15.6 Å². The maximum Gasteiger partial charge on any atom is 0.240 e. The third-order valence-corrected chi connectivity index (χ3v) is 4.75. The van der Waals surface area contributed by atoms with Gasteiger partial charge in [-0.15, -0.1) is 0 Å². The zero-order valence-electron chi connectivity index (χ0n) is 12.5. The van der Waals surface area contributed by atoms with Crippen molar-refractivity contribution in [3.63, 3.8) is 0 Å². The Balaban J connectivity index is 2.15. The average Bonchev–Trinajstić information content (AvgIpc) is 2.54. The van der Waals surface area contributed by atoms with Crippen molar-refractivity contribution >= 4 is 10.0 Å². The van der Waals surface area contributed by atoms with Crippen LogP contribution in [0.15, 0.2) is 59.5 Å². The Morgan fingerprint density at radius 2 is 1.82 bits per heavy atom. The van der Waals surface area contributed by atoms with Crippen LogP contribution < -0.4 is 9.46 Å². The Kier molecular flexibility index (Phi) is 4.85. The van der Waals surface area contributed by atoms with E-state index in [0.717, 1.165) is 0 Å². The van der Waals surface area contributed by atoms with Crippen molar-refractivity contribution < 1.29 is 18.3 Å². The Morgan fingerprint density at radius 3 is 2.45 bits per heavy atom. The van der Waals surface area contributed by atoms with E-state index in [2.05, 4.69) is 4.72 Å². The highest BCUT2D eigenvalue weighted by atomic mass is 32.2. The molecule has 22 heavy (non-hydrogen) atoms. The van der Waals surface area contributed by atoms with Crippen LogP contribution in [-0.4, -0.2) is 27.2 Å². The van der Waals surface area contributed by atoms with Gasteiger partial charge in [0.25, 0.3) is 0 Å². The third-order valence-electron chi connectivity index (χ3n) is 3.35. The Bertz CT molecular complexity index is 727. The molecule has 0 fully saturated rings. The van der Waals surface area contributed by atoms with Gasteiger partial charge in [0.1, 0.15) is 11.4 Å². The molecular formula is C16H19NO4S. The van der Waals surface area contributed by atoms with E-state index in [4.69, 9.17) is 4.74 Å². The van der Waals surface area contributed by atoms with Crippen LogP contribution in [0, 0.1) is 0 Å². The molecule has 0 aromatic heterocycles. The highest BCUT2D eigenvalue weighted by Crippen LogP contribution is 2.21. The van der Waals surface area contributed by atoms with Gasteiger partial charge in [0.05, 0.1) is 12.0 Å². The molecule has 0 saturated heterocycles. The number of rotatable bonds is 6. The second-order valence-electron chi connectivity index (χ2n) is 5.14. The van der Waals surface area contributed by atoms with Gasteiger partial charge in [0, 0.05) is 12.6 Å². The third kappa shape index (κ3) is 3.85. The number of hydrogen-bond acceptors (Lipinski definition) is 4. The Hall–Kier alpha value is -1.89. The van der Waals surface area contributed by atoms with E-state index in [-0.39, 0.29) is 11.4 Å². The smallest absolute Gasteiger partial charge is 0.240 e. The molecule has 0 saturated carbocycles. The largest absolute Gasteiger partial charge is 0.497 e. The van der Waals surface area contributed by atoms with Crippen LogP contribution in [0.5, 0.6) is 5.75 Å². The van der Waals surface area contributed by atoms with Crippen LogP contribution in [0.3, 0.4) is 0 Å². The molecule has 0 aliphatic heterocycles. The van der Waals surface area contributed by atoms with Crippen LogP contribution in [0.25, 0.3) is 0 Å². The normalized spacial score (nSPS) is 14.3. The molecule has 0 spiro atoms. The van der Waals surface area contributed by atoms with Gasteiger partial charge in [-0.25, -0.2) is 13.1 Å². The van der Waals surface area contributed by atoms with Crippen LogP contribution in [0.4, 0.5) is 0 Å². The van der Waals surface area contributed by atoms with Crippen molar-refractivity contribution in [2.45, 2.75) is 17.4 Å². The van der Waals surface area contributed by atoms with E-state index in [1.165, 1.54) is 19.2 Å². The topological polar surface area (TPSA) is 75.6 Å². The molecule has 6 heteroatoms. The maximum absolute atomic E-state index is 12.3. The van der Waals surface area contributed by atoms with Gasteiger partial charge in [-0.3, -0.25) is 0 Å². The van der Waals surface area contributed by atoms with Crippen LogP contribution >= 0.6 is 0 Å². The summed E-state index contributed by atoms with van der Waals surface area (Å²) in [4.78, 5) is 0.0933. The number of hydrogen-bond donors (Lipinski definition) is 2. The molecular weight excluding hydrogens is 302 g/mol. The Labute approximate surface area is 130 Å². The first-order chi connectivity index (χ1) is 10.3. The van der Waals surface area contributed by atoms with E-state index in [9.17, 15) is 13.5 Å². The number of nitrogens with one attached hydrogen (secondary N) is 1. The lowest BCUT2D eigenvalue weighted by atomic mass is 9.97. The summed E-state index contributed by atoms with van der Waals surface area (Å²) in [6.07, 6.45) is 0. The van der Waals surface area contributed by atoms with Crippen molar-refractivity contribution in [2.24, 2.45) is 0 Å². The second kappa shape index (κ2) is 6.48. The van der Waals surface area contributed by atoms with Gasteiger partial charge in [0.15, 0.2) is 0 Å². The lowest BCUT2D eigenvalue weighted by Crippen LogP contribution is -2.38. The SMILES string of the molecule is COc1cccc(S(=O)(=O)NCC(C)(O)c2ccccc2)c1. The number of ether oxygens (including phenoxy) is 1. The lowest BCUT2D eigenvalue weighted by Gasteiger charge is -2.24. The van der Waals surface area contributed by atoms with E-state index in [1.807, 2.05) is 6.07 Å². The van der Waals surface area contributed by atoms with Crippen molar-refractivity contribution in [1.82, 2.24) is 4.72 Å². The summed E-state index contributed by atoms with van der Waals surface area (Å²) in [6.45, 7) is 1.44. The fourth-order valence-electron chi connectivity index (χ4n) is 1.99. The number of benzene rings is 2. The predicted molar refractivity (Wildman–Crippen MR) is 84.2 cm³/mol. The summed E-state index contributed by atoms with van der Waals surface area (Å²) >= 11 is 0. The van der Waals surface area contributed by atoms with Crippen LogP contribution in [0.1, 0.15) is 12.5 Å². The summed E-state index contributed by atoms with van der Waals surface area (Å²) in [6, 6.07) is 15.1. The van der Waals surface area contributed by atoms with Gasteiger partial charge in [0.2, 0.25) is 10.0 Å². The quantitative estimate of drug-likeness (QED) is 0.852.